The van der Waals surface area contributed by atoms with Crippen molar-refractivity contribution in [1.29, 1.82) is 0 Å². The first kappa shape index (κ1) is 10.3. The Kier molecular flexibility index (Phi) is 3.00. The van der Waals surface area contributed by atoms with Gasteiger partial charge in [-0.25, -0.2) is 0 Å². The van der Waals surface area contributed by atoms with Crippen molar-refractivity contribution in [2.24, 2.45) is 0 Å². The molecular weight excluding hydrogens is 164 g/mol. The van der Waals surface area contributed by atoms with Gasteiger partial charge in [0.2, 0.25) is 0 Å². The fourth-order valence-electron chi connectivity index (χ4n) is 2.25. The summed E-state index contributed by atoms with van der Waals surface area (Å²) in [6.45, 7) is 10.6. The van der Waals surface area contributed by atoms with E-state index in [1.165, 1.54) is 25.7 Å². The normalized spacial score (nSPS) is 32.0. The third kappa shape index (κ3) is 1.74. The average molecular weight is 186 g/mol. The smallest absolute Gasteiger partial charge is 0.0824 e. The summed E-state index contributed by atoms with van der Waals surface area (Å²) in [5, 5.41) is 0.297. The fraction of sp³-hybridized carbons (Fsp3) is 1.00. The van der Waals surface area contributed by atoms with Crippen LogP contribution in [-0.4, -0.2) is 19.9 Å². The van der Waals surface area contributed by atoms with Crippen molar-refractivity contribution in [3.63, 3.8) is 0 Å². The Morgan fingerprint density at radius 3 is 2.17 bits per heavy atom. The van der Waals surface area contributed by atoms with Gasteiger partial charge >= 0.3 is 0 Å². The van der Waals surface area contributed by atoms with Crippen LogP contribution >= 0.6 is 0 Å². The summed E-state index contributed by atoms with van der Waals surface area (Å²) in [5.74, 6) is 0. The Balaban J connectivity index is 2.73. The van der Waals surface area contributed by atoms with E-state index in [2.05, 4.69) is 26.6 Å². The molecule has 0 N–H and O–H groups in total. The van der Waals surface area contributed by atoms with Crippen molar-refractivity contribution >= 4 is 8.07 Å². The van der Waals surface area contributed by atoms with Gasteiger partial charge in [0.1, 0.15) is 0 Å². The first-order valence-electron chi connectivity index (χ1n) is 5.16. The van der Waals surface area contributed by atoms with Crippen LogP contribution in [0.15, 0.2) is 0 Å². The maximum absolute atomic E-state index is 6.04. The zero-order valence-corrected chi connectivity index (χ0v) is 9.94. The minimum Gasteiger partial charge on any atom is -0.379 e. The first-order chi connectivity index (χ1) is 5.52. The van der Waals surface area contributed by atoms with E-state index in [9.17, 15) is 0 Å². The summed E-state index contributed by atoms with van der Waals surface area (Å²) >= 11 is 0. The number of hydrogen-bond acceptors (Lipinski definition) is 1. The lowest BCUT2D eigenvalue weighted by Gasteiger charge is -2.45. The quantitative estimate of drug-likeness (QED) is 0.602. The first-order valence-corrected chi connectivity index (χ1v) is 8.66. The monoisotopic (exact) mass is 186 g/mol. The molecule has 1 heterocycles. The summed E-state index contributed by atoms with van der Waals surface area (Å²) in [6, 6.07) is 0. The van der Waals surface area contributed by atoms with E-state index in [4.69, 9.17) is 4.74 Å². The molecule has 1 aliphatic rings. The van der Waals surface area contributed by atoms with Crippen molar-refractivity contribution in [2.75, 3.05) is 6.61 Å². The molecular formula is C10H22OSi. The molecule has 0 aliphatic carbocycles. The van der Waals surface area contributed by atoms with Gasteiger partial charge in [-0.3, -0.25) is 0 Å². The van der Waals surface area contributed by atoms with Crippen LogP contribution in [0.2, 0.25) is 19.6 Å². The Morgan fingerprint density at radius 1 is 1.25 bits per heavy atom. The lowest BCUT2D eigenvalue weighted by atomic mass is 10.1. The number of ether oxygens (including phenoxy) is 1. The highest BCUT2D eigenvalue weighted by atomic mass is 28.3. The van der Waals surface area contributed by atoms with E-state index in [0.29, 0.717) is 5.22 Å². The summed E-state index contributed by atoms with van der Waals surface area (Å²) in [5.41, 5.74) is 0. The van der Waals surface area contributed by atoms with Crippen LogP contribution in [-0.2, 0) is 4.74 Å². The molecule has 0 aromatic carbocycles. The highest BCUT2D eigenvalue weighted by molar-refractivity contribution is 6.79. The molecule has 1 unspecified atom stereocenters. The second kappa shape index (κ2) is 3.50. The molecule has 1 saturated heterocycles. The highest BCUT2D eigenvalue weighted by Crippen LogP contribution is 2.36. The predicted molar refractivity (Wildman–Crippen MR) is 56.2 cm³/mol. The molecule has 0 aromatic rings. The number of hydrogen-bond donors (Lipinski definition) is 0. The summed E-state index contributed by atoms with van der Waals surface area (Å²) in [7, 11) is -1.13. The summed E-state index contributed by atoms with van der Waals surface area (Å²) < 4.78 is 6.04. The van der Waals surface area contributed by atoms with Gasteiger partial charge in [-0.1, -0.05) is 26.6 Å². The van der Waals surface area contributed by atoms with Gasteiger partial charge in [-0.15, -0.1) is 0 Å². The summed E-state index contributed by atoms with van der Waals surface area (Å²) in [6.07, 6.45) is 5.16. The number of rotatable bonds is 2. The third-order valence-electron chi connectivity index (χ3n) is 3.29. The van der Waals surface area contributed by atoms with E-state index in [1.54, 1.807) is 0 Å². The van der Waals surface area contributed by atoms with Crippen LogP contribution in [0.1, 0.15) is 32.6 Å². The van der Waals surface area contributed by atoms with Crippen molar-refractivity contribution < 1.29 is 4.74 Å². The minimum absolute atomic E-state index is 0.297. The standard InChI is InChI=1S/C10H22OSi/c1-5-10(12(2,3)4)8-6-7-9-11-10/h5-9H2,1-4H3. The van der Waals surface area contributed by atoms with Gasteiger partial charge in [0.15, 0.2) is 0 Å². The van der Waals surface area contributed by atoms with Crippen molar-refractivity contribution in [3.05, 3.63) is 0 Å². The molecule has 0 bridgehead atoms. The Bertz CT molecular complexity index is 142. The minimum atomic E-state index is -1.13. The molecule has 12 heavy (non-hydrogen) atoms. The van der Waals surface area contributed by atoms with Crippen LogP contribution in [0.3, 0.4) is 0 Å². The van der Waals surface area contributed by atoms with E-state index >= 15 is 0 Å². The Morgan fingerprint density at radius 2 is 1.92 bits per heavy atom. The molecule has 2 heteroatoms. The second-order valence-corrected chi connectivity index (χ2v) is 10.3. The SMILES string of the molecule is CCC1([Si](C)(C)C)CCCCO1. The maximum Gasteiger partial charge on any atom is 0.0824 e. The van der Waals surface area contributed by atoms with Crippen LogP contribution < -0.4 is 0 Å². The van der Waals surface area contributed by atoms with E-state index in [0.717, 1.165) is 6.61 Å². The zero-order valence-electron chi connectivity index (χ0n) is 8.94. The summed E-state index contributed by atoms with van der Waals surface area (Å²) in [4.78, 5) is 0. The lowest BCUT2D eigenvalue weighted by molar-refractivity contribution is -0.0279. The average Bonchev–Trinajstić information content (AvgIpc) is 2.04. The molecule has 0 spiro atoms. The van der Waals surface area contributed by atoms with Gasteiger partial charge in [0.05, 0.1) is 13.3 Å². The largest absolute Gasteiger partial charge is 0.379 e. The van der Waals surface area contributed by atoms with Crippen molar-refractivity contribution in [1.82, 2.24) is 0 Å². The molecule has 0 radical (unpaired) electrons. The van der Waals surface area contributed by atoms with E-state index in [-0.39, 0.29) is 0 Å². The van der Waals surface area contributed by atoms with Gasteiger partial charge in [0, 0.05) is 6.61 Å². The van der Waals surface area contributed by atoms with Gasteiger partial charge < -0.3 is 4.74 Å². The predicted octanol–water partition coefficient (Wildman–Crippen LogP) is 3.21. The van der Waals surface area contributed by atoms with Gasteiger partial charge in [-0.2, -0.15) is 0 Å². The molecule has 1 atom stereocenters. The van der Waals surface area contributed by atoms with E-state index in [1.807, 2.05) is 0 Å². The molecule has 0 amide bonds. The van der Waals surface area contributed by atoms with E-state index < -0.39 is 8.07 Å². The van der Waals surface area contributed by atoms with Crippen LogP contribution in [0.4, 0.5) is 0 Å². The fourth-order valence-corrected chi connectivity index (χ4v) is 4.78. The molecule has 1 nitrogen and oxygen atoms in total. The Labute approximate surface area is 77.5 Å². The van der Waals surface area contributed by atoms with Gasteiger partial charge in [-0.05, 0) is 25.7 Å². The molecule has 72 valence electrons. The maximum atomic E-state index is 6.04. The van der Waals surface area contributed by atoms with Crippen LogP contribution in [0, 0.1) is 0 Å². The van der Waals surface area contributed by atoms with Crippen LogP contribution in [0.25, 0.3) is 0 Å². The van der Waals surface area contributed by atoms with Crippen LogP contribution in [0.5, 0.6) is 0 Å². The third-order valence-corrected chi connectivity index (χ3v) is 6.77. The molecule has 1 fully saturated rings. The highest BCUT2D eigenvalue weighted by Gasteiger charge is 2.43. The van der Waals surface area contributed by atoms with Crippen molar-refractivity contribution in [3.8, 4) is 0 Å². The molecule has 0 saturated carbocycles. The Hall–Kier alpha value is 0.177. The second-order valence-electron chi connectivity index (χ2n) is 4.90. The van der Waals surface area contributed by atoms with Crippen molar-refractivity contribution in [2.45, 2.75) is 57.5 Å². The molecule has 0 aromatic heterocycles. The topological polar surface area (TPSA) is 9.23 Å². The molecule has 1 aliphatic heterocycles. The molecule has 1 rings (SSSR count). The van der Waals surface area contributed by atoms with Gasteiger partial charge in [0.25, 0.3) is 0 Å². The lowest BCUT2D eigenvalue weighted by Crippen LogP contribution is -2.55. The zero-order chi connectivity index (χ0) is 9.24.